The van der Waals surface area contributed by atoms with Gasteiger partial charge in [-0.05, 0) is 18.1 Å². The van der Waals surface area contributed by atoms with Gasteiger partial charge in [-0.3, -0.25) is 0 Å². The van der Waals surface area contributed by atoms with E-state index < -0.39 is 0 Å². The van der Waals surface area contributed by atoms with E-state index in [0.29, 0.717) is 5.92 Å². The number of hydrogen-bond acceptors (Lipinski definition) is 3. The number of benzene rings is 1. The number of nitrogens with zero attached hydrogens (tertiary/aromatic N) is 1. The van der Waals surface area contributed by atoms with Crippen molar-refractivity contribution in [2.24, 2.45) is 5.92 Å². The Hall–Kier alpha value is -1.38. The molecule has 0 amide bonds. The standard InChI is InChI=1S/C12H20N2O/c1-9(2)8-14(3)12-7-10(15-4)5-6-11(12)13/h5-7,9H,8,13H2,1-4H3. The molecule has 0 fully saturated rings. The maximum absolute atomic E-state index is 5.92. The summed E-state index contributed by atoms with van der Waals surface area (Å²) in [5, 5.41) is 0. The molecule has 3 nitrogen and oxygen atoms in total. The summed E-state index contributed by atoms with van der Waals surface area (Å²) >= 11 is 0. The molecule has 84 valence electrons. The minimum absolute atomic E-state index is 0.612. The summed E-state index contributed by atoms with van der Waals surface area (Å²) in [6.07, 6.45) is 0. The molecule has 0 atom stereocenters. The summed E-state index contributed by atoms with van der Waals surface area (Å²) in [5.74, 6) is 1.45. The van der Waals surface area contributed by atoms with Gasteiger partial charge in [0.1, 0.15) is 5.75 Å². The smallest absolute Gasteiger partial charge is 0.121 e. The fraction of sp³-hybridized carbons (Fsp3) is 0.500. The lowest BCUT2D eigenvalue weighted by Crippen LogP contribution is -2.23. The second kappa shape index (κ2) is 4.91. The topological polar surface area (TPSA) is 38.5 Å². The van der Waals surface area contributed by atoms with E-state index in [2.05, 4.69) is 18.7 Å². The largest absolute Gasteiger partial charge is 0.497 e. The Labute approximate surface area is 91.8 Å². The fourth-order valence-electron chi connectivity index (χ4n) is 1.63. The molecule has 0 aromatic heterocycles. The minimum atomic E-state index is 0.612. The van der Waals surface area contributed by atoms with Crippen molar-refractivity contribution in [1.82, 2.24) is 0 Å². The van der Waals surface area contributed by atoms with Crippen molar-refractivity contribution in [3.05, 3.63) is 18.2 Å². The highest BCUT2D eigenvalue weighted by atomic mass is 16.5. The molecule has 0 saturated heterocycles. The van der Waals surface area contributed by atoms with Crippen molar-refractivity contribution < 1.29 is 4.74 Å². The molecular formula is C12H20N2O. The van der Waals surface area contributed by atoms with Crippen molar-refractivity contribution in [3.8, 4) is 5.75 Å². The van der Waals surface area contributed by atoms with Crippen LogP contribution in [0, 0.1) is 5.92 Å². The second-order valence-corrected chi connectivity index (χ2v) is 4.20. The van der Waals surface area contributed by atoms with Crippen molar-refractivity contribution in [2.75, 3.05) is 31.3 Å². The lowest BCUT2D eigenvalue weighted by atomic mass is 10.2. The molecule has 15 heavy (non-hydrogen) atoms. The van der Waals surface area contributed by atoms with E-state index in [4.69, 9.17) is 10.5 Å². The van der Waals surface area contributed by atoms with Gasteiger partial charge in [0, 0.05) is 19.7 Å². The van der Waals surface area contributed by atoms with Crippen molar-refractivity contribution >= 4 is 11.4 Å². The van der Waals surface area contributed by atoms with Crippen LogP contribution in [0.1, 0.15) is 13.8 Å². The van der Waals surface area contributed by atoms with Crippen LogP contribution in [0.15, 0.2) is 18.2 Å². The third kappa shape index (κ3) is 3.05. The molecule has 0 aliphatic carbocycles. The van der Waals surface area contributed by atoms with Crippen molar-refractivity contribution in [3.63, 3.8) is 0 Å². The average molecular weight is 208 g/mol. The third-order valence-corrected chi connectivity index (χ3v) is 2.29. The number of nitrogen functional groups attached to an aromatic ring is 1. The zero-order valence-electron chi connectivity index (χ0n) is 9.95. The first kappa shape index (κ1) is 11.7. The number of hydrogen-bond donors (Lipinski definition) is 1. The van der Waals surface area contributed by atoms with Gasteiger partial charge < -0.3 is 15.4 Å². The van der Waals surface area contributed by atoms with Crippen LogP contribution in [-0.2, 0) is 0 Å². The SMILES string of the molecule is COc1ccc(N)c(N(C)CC(C)C)c1. The van der Waals surface area contributed by atoms with Crippen molar-refractivity contribution in [2.45, 2.75) is 13.8 Å². The Bertz CT molecular complexity index is 323. The van der Waals surface area contributed by atoms with Gasteiger partial charge in [-0.1, -0.05) is 13.8 Å². The Morgan fingerprint density at radius 2 is 2.07 bits per heavy atom. The summed E-state index contributed by atoms with van der Waals surface area (Å²) < 4.78 is 5.18. The molecule has 1 aromatic rings. The Morgan fingerprint density at radius 3 is 2.60 bits per heavy atom. The predicted octanol–water partition coefficient (Wildman–Crippen LogP) is 2.37. The van der Waals surface area contributed by atoms with Gasteiger partial charge in [-0.15, -0.1) is 0 Å². The number of methoxy groups -OCH3 is 1. The summed E-state index contributed by atoms with van der Waals surface area (Å²) in [5.41, 5.74) is 7.74. The Kier molecular flexibility index (Phi) is 3.83. The number of nitrogens with two attached hydrogens (primary N) is 1. The molecule has 3 heteroatoms. The molecule has 0 saturated carbocycles. The average Bonchev–Trinajstić information content (AvgIpc) is 2.17. The Morgan fingerprint density at radius 1 is 1.40 bits per heavy atom. The van der Waals surface area contributed by atoms with E-state index in [-0.39, 0.29) is 0 Å². The first-order chi connectivity index (χ1) is 7.04. The van der Waals surface area contributed by atoms with Gasteiger partial charge in [0.05, 0.1) is 18.5 Å². The summed E-state index contributed by atoms with van der Waals surface area (Å²) in [6, 6.07) is 5.73. The molecule has 1 rings (SSSR count). The van der Waals surface area contributed by atoms with Gasteiger partial charge in [-0.25, -0.2) is 0 Å². The Balaban J connectivity index is 2.91. The summed E-state index contributed by atoms with van der Waals surface area (Å²) in [7, 11) is 3.71. The van der Waals surface area contributed by atoms with Crippen LogP contribution in [0.3, 0.4) is 0 Å². The monoisotopic (exact) mass is 208 g/mol. The van der Waals surface area contributed by atoms with Gasteiger partial charge in [-0.2, -0.15) is 0 Å². The predicted molar refractivity (Wildman–Crippen MR) is 65.5 cm³/mol. The van der Waals surface area contributed by atoms with E-state index in [1.807, 2.05) is 25.2 Å². The quantitative estimate of drug-likeness (QED) is 0.772. The number of rotatable bonds is 4. The highest BCUT2D eigenvalue weighted by molar-refractivity contribution is 5.69. The molecule has 0 bridgehead atoms. The van der Waals surface area contributed by atoms with Gasteiger partial charge in [0.2, 0.25) is 0 Å². The van der Waals surface area contributed by atoms with E-state index >= 15 is 0 Å². The van der Waals surface area contributed by atoms with Gasteiger partial charge >= 0.3 is 0 Å². The van der Waals surface area contributed by atoms with Crippen LogP contribution in [-0.4, -0.2) is 20.7 Å². The van der Waals surface area contributed by atoms with E-state index in [1.54, 1.807) is 7.11 Å². The molecule has 0 unspecified atom stereocenters. The maximum Gasteiger partial charge on any atom is 0.121 e. The van der Waals surface area contributed by atoms with Gasteiger partial charge in [0.25, 0.3) is 0 Å². The maximum atomic E-state index is 5.92. The normalized spacial score (nSPS) is 10.5. The summed E-state index contributed by atoms with van der Waals surface area (Å²) in [6.45, 7) is 5.36. The first-order valence-electron chi connectivity index (χ1n) is 5.19. The number of ether oxygens (including phenoxy) is 1. The van der Waals surface area contributed by atoms with Crippen LogP contribution in [0.2, 0.25) is 0 Å². The molecule has 0 spiro atoms. The molecule has 0 aliphatic heterocycles. The molecule has 2 N–H and O–H groups in total. The molecule has 1 aromatic carbocycles. The van der Waals surface area contributed by atoms with E-state index in [1.165, 1.54) is 0 Å². The zero-order chi connectivity index (χ0) is 11.4. The highest BCUT2D eigenvalue weighted by Crippen LogP contribution is 2.27. The molecule has 0 heterocycles. The molecule has 0 radical (unpaired) electrons. The lowest BCUT2D eigenvalue weighted by Gasteiger charge is -2.23. The third-order valence-electron chi connectivity index (χ3n) is 2.29. The first-order valence-corrected chi connectivity index (χ1v) is 5.19. The molecule has 0 aliphatic rings. The van der Waals surface area contributed by atoms with E-state index in [0.717, 1.165) is 23.7 Å². The van der Waals surface area contributed by atoms with E-state index in [9.17, 15) is 0 Å². The van der Waals surface area contributed by atoms with Crippen LogP contribution in [0.5, 0.6) is 5.75 Å². The number of anilines is 2. The fourth-order valence-corrected chi connectivity index (χ4v) is 1.63. The van der Waals surface area contributed by atoms with Crippen LogP contribution >= 0.6 is 0 Å². The second-order valence-electron chi connectivity index (χ2n) is 4.20. The lowest BCUT2D eigenvalue weighted by molar-refractivity contribution is 0.415. The van der Waals surface area contributed by atoms with Crippen LogP contribution in [0.4, 0.5) is 11.4 Å². The summed E-state index contributed by atoms with van der Waals surface area (Å²) in [4.78, 5) is 2.16. The zero-order valence-corrected chi connectivity index (χ0v) is 9.95. The van der Waals surface area contributed by atoms with Crippen LogP contribution in [0.25, 0.3) is 0 Å². The highest BCUT2D eigenvalue weighted by Gasteiger charge is 2.08. The van der Waals surface area contributed by atoms with Crippen LogP contribution < -0.4 is 15.4 Å². The van der Waals surface area contributed by atoms with Gasteiger partial charge in [0.15, 0.2) is 0 Å². The minimum Gasteiger partial charge on any atom is -0.497 e. The molecular weight excluding hydrogens is 188 g/mol. The van der Waals surface area contributed by atoms with Crippen molar-refractivity contribution in [1.29, 1.82) is 0 Å².